The van der Waals surface area contributed by atoms with Gasteiger partial charge in [0.2, 0.25) is 0 Å². The molecule has 0 fully saturated rings. The first-order valence-electron chi connectivity index (χ1n) is 6.37. The molecule has 0 aliphatic heterocycles. The molecular weight excluding hydrogens is 287 g/mol. The third-order valence-corrected chi connectivity index (χ3v) is 2.82. The van der Waals surface area contributed by atoms with Crippen LogP contribution in [-0.2, 0) is 22.0 Å². The van der Waals surface area contributed by atoms with Gasteiger partial charge in [-0.15, -0.1) is 0 Å². The van der Waals surface area contributed by atoms with Crippen LogP contribution in [0.15, 0.2) is 6.20 Å². The van der Waals surface area contributed by atoms with E-state index in [1.165, 1.54) is 10.9 Å². The van der Waals surface area contributed by atoms with Crippen LogP contribution in [0, 0.1) is 0 Å². The fourth-order valence-corrected chi connectivity index (χ4v) is 1.96. The number of aryl methyl sites for hydroxylation is 1. The summed E-state index contributed by atoms with van der Waals surface area (Å²) in [6.45, 7) is 4.33. The van der Waals surface area contributed by atoms with Crippen LogP contribution >= 0.6 is 0 Å². The van der Waals surface area contributed by atoms with Crippen LogP contribution in [0.25, 0.3) is 0 Å². The van der Waals surface area contributed by atoms with E-state index in [1.807, 2.05) is 20.8 Å². The lowest BCUT2D eigenvalue weighted by Gasteiger charge is -2.22. The predicted octanol–water partition coefficient (Wildman–Crippen LogP) is 2.08. The molecule has 0 radical (unpaired) electrons. The molecule has 0 aromatic carbocycles. The number of nitrogens with one attached hydrogen (secondary N) is 1. The molecule has 0 bridgehead atoms. The lowest BCUT2D eigenvalue weighted by Crippen LogP contribution is -2.37. The number of nitrogens with zero attached hydrogens (tertiary/aromatic N) is 2. The smallest absolute Gasteiger partial charge is 0.401 e. The van der Waals surface area contributed by atoms with E-state index in [-0.39, 0.29) is 0 Å². The molecule has 0 amide bonds. The molecule has 120 valence electrons. The van der Waals surface area contributed by atoms with Gasteiger partial charge in [-0.1, -0.05) is 20.8 Å². The van der Waals surface area contributed by atoms with Crippen molar-refractivity contribution in [1.82, 2.24) is 15.1 Å². The Labute approximate surface area is 121 Å². The van der Waals surface area contributed by atoms with Crippen LogP contribution in [0.2, 0.25) is 0 Å². The van der Waals surface area contributed by atoms with Crippen LogP contribution in [0.5, 0.6) is 0 Å². The first-order valence-corrected chi connectivity index (χ1v) is 6.37. The summed E-state index contributed by atoms with van der Waals surface area (Å²) in [5.41, 5.74) is 0.527. The van der Waals surface area contributed by atoms with Crippen molar-refractivity contribution in [1.29, 1.82) is 0 Å². The molecule has 21 heavy (non-hydrogen) atoms. The molecule has 8 heteroatoms. The summed E-state index contributed by atoms with van der Waals surface area (Å²) in [5, 5.41) is 6.45. The Morgan fingerprint density at radius 3 is 2.43 bits per heavy atom. The van der Waals surface area contributed by atoms with E-state index in [0.717, 1.165) is 7.11 Å². The molecule has 1 rings (SSSR count). The van der Waals surface area contributed by atoms with Gasteiger partial charge in [-0.05, 0) is 0 Å². The van der Waals surface area contributed by atoms with Gasteiger partial charge in [0.1, 0.15) is 6.04 Å². The summed E-state index contributed by atoms with van der Waals surface area (Å²) in [6, 6.07) is -1.21. The second-order valence-electron chi connectivity index (χ2n) is 5.81. The SMILES string of the molecule is COC(=O)C(NCC(F)(F)F)c1cn(C)nc1C(C)(C)C. The highest BCUT2D eigenvalue weighted by Crippen LogP contribution is 2.29. The number of ether oxygens (including phenoxy) is 1. The van der Waals surface area contributed by atoms with Crippen LogP contribution in [0.3, 0.4) is 0 Å². The van der Waals surface area contributed by atoms with E-state index in [1.54, 1.807) is 7.05 Å². The maximum atomic E-state index is 12.4. The lowest BCUT2D eigenvalue weighted by atomic mass is 9.87. The number of halogens is 3. The van der Waals surface area contributed by atoms with E-state index in [4.69, 9.17) is 0 Å². The number of alkyl halides is 3. The maximum absolute atomic E-state index is 12.4. The van der Waals surface area contributed by atoms with Gasteiger partial charge in [0.15, 0.2) is 0 Å². The fraction of sp³-hybridized carbons (Fsp3) is 0.692. The largest absolute Gasteiger partial charge is 0.468 e. The molecule has 1 atom stereocenters. The van der Waals surface area contributed by atoms with Crippen LogP contribution < -0.4 is 5.32 Å². The van der Waals surface area contributed by atoms with Crippen LogP contribution in [0.4, 0.5) is 13.2 Å². The maximum Gasteiger partial charge on any atom is 0.401 e. The quantitative estimate of drug-likeness (QED) is 0.865. The van der Waals surface area contributed by atoms with Gasteiger partial charge in [-0.2, -0.15) is 18.3 Å². The van der Waals surface area contributed by atoms with Gasteiger partial charge in [-0.3, -0.25) is 10.00 Å². The van der Waals surface area contributed by atoms with Crippen LogP contribution in [-0.4, -0.2) is 35.6 Å². The molecule has 1 aromatic heterocycles. The van der Waals surface area contributed by atoms with Crippen molar-refractivity contribution in [2.45, 2.75) is 38.4 Å². The molecule has 0 saturated carbocycles. The number of aromatic nitrogens is 2. The molecule has 0 aliphatic carbocycles. The van der Waals surface area contributed by atoms with Gasteiger partial charge in [0.05, 0.1) is 19.3 Å². The van der Waals surface area contributed by atoms with Gasteiger partial charge < -0.3 is 4.74 Å². The monoisotopic (exact) mass is 307 g/mol. The van der Waals surface area contributed by atoms with E-state index >= 15 is 0 Å². The topological polar surface area (TPSA) is 56.1 Å². The Bertz CT molecular complexity index is 504. The highest BCUT2D eigenvalue weighted by Gasteiger charge is 2.35. The predicted molar refractivity (Wildman–Crippen MR) is 70.7 cm³/mol. The summed E-state index contributed by atoms with van der Waals surface area (Å²) >= 11 is 0. The lowest BCUT2D eigenvalue weighted by molar-refractivity contribution is -0.146. The minimum atomic E-state index is -4.42. The Kier molecular flexibility index (Phi) is 5.03. The highest BCUT2D eigenvalue weighted by atomic mass is 19.4. The van der Waals surface area contributed by atoms with Crippen molar-refractivity contribution in [2.24, 2.45) is 7.05 Å². The summed E-state index contributed by atoms with van der Waals surface area (Å²) in [6.07, 6.45) is -2.89. The van der Waals surface area contributed by atoms with E-state index in [2.05, 4.69) is 15.2 Å². The molecule has 1 N–H and O–H groups in total. The van der Waals surface area contributed by atoms with Gasteiger partial charge in [-0.25, -0.2) is 4.79 Å². The Morgan fingerprint density at radius 1 is 1.43 bits per heavy atom. The van der Waals surface area contributed by atoms with Crippen molar-refractivity contribution in [3.8, 4) is 0 Å². The zero-order valence-corrected chi connectivity index (χ0v) is 12.7. The van der Waals surface area contributed by atoms with E-state index in [9.17, 15) is 18.0 Å². The van der Waals surface area contributed by atoms with E-state index in [0.29, 0.717) is 11.3 Å². The minimum absolute atomic E-state index is 0.390. The average Bonchev–Trinajstić information content (AvgIpc) is 2.69. The molecule has 1 aromatic rings. The fourth-order valence-electron chi connectivity index (χ4n) is 1.96. The van der Waals surface area contributed by atoms with Crippen molar-refractivity contribution in [3.05, 3.63) is 17.5 Å². The summed E-state index contributed by atoms with van der Waals surface area (Å²) in [7, 11) is 2.79. The molecule has 0 aliphatic rings. The zero-order chi connectivity index (χ0) is 16.4. The Hall–Kier alpha value is -1.57. The van der Waals surface area contributed by atoms with Crippen molar-refractivity contribution >= 4 is 5.97 Å². The first kappa shape index (κ1) is 17.5. The molecular formula is C13H20F3N3O2. The number of methoxy groups -OCH3 is 1. The standard InChI is InChI=1S/C13H20F3N3O2/c1-12(2,3)10-8(6-19(4)18-10)9(11(20)21-5)17-7-13(14,15)16/h6,9,17H,7H2,1-5H3. The molecule has 0 saturated heterocycles. The van der Waals surface area contributed by atoms with Crippen molar-refractivity contribution < 1.29 is 22.7 Å². The third kappa shape index (κ3) is 4.73. The van der Waals surface area contributed by atoms with Crippen LogP contribution in [0.1, 0.15) is 38.1 Å². The molecule has 0 spiro atoms. The normalized spacial score (nSPS) is 14.1. The Morgan fingerprint density at radius 2 is 2.00 bits per heavy atom. The number of esters is 1. The van der Waals surface area contributed by atoms with Gasteiger partial charge in [0, 0.05) is 24.2 Å². The molecule has 1 heterocycles. The third-order valence-electron chi connectivity index (χ3n) is 2.82. The van der Waals surface area contributed by atoms with E-state index < -0.39 is 30.1 Å². The second-order valence-corrected chi connectivity index (χ2v) is 5.81. The average molecular weight is 307 g/mol. The minimum Gasteiger partial charge on any atom is -0.468 e. The zero-order valence-electron chi connectivity index (χ0n) is 12.7. The summed E-state index contributed by atoms with van der Waals surface area (Å²) in [5.74, 6) is -0.780. The first-order chi connectivity index (χ1) is 9.45. The number of hydrogen-bond donors (Lipinski definition) is 1. The number of hydrogen-bond acceptors (Lipinski definition) is 4. The van der Waals surface area contributed by atoms with Crippen molar-refractivity contribution in [2.75, 3.05) is 13.7 Å². The van der Waals surface area contributed by atoms with Gasteiger partial charge in [0.25, 0.3) is 0 Å². The van der Waals surface area contributed by atoms with Crippen molar-refractivity contribution in [3.63, 3.8) is 0 Å². The molecule has 1 unspecified atom stereocenters. The second kappa shape index (κ2) is 6.05. The number of rotatable bonds is 4. The van der Waals surface area contributed by atoms with Gasteiger partial charge >= 0.3 is 12.1 Å². The number of carbonyl (C=O) groups excluding carboxylic acids is 1. The Balaban J connectivity index is 3.18. The summed E-state index contributed by atoms with van der Waals surface area (Å²) < 4.78 is 43.3. The highest BCUT2D eigenvalue weighted by molar-refractivity contribution is 5.78. The number of carbonyl (C=O) groups is 1. The molecule has 5 nitrogen and oxygen atoms in total. The summed E-state index contributed by atoms with van der Waals surface area (Å²) in [4.78, 5) is 11.8.